The number of hydrogen-bond donors (Lipinski definition) is 1. The van der Waals surface area contributed by atoms with Gasteiger partial charge in [-0.25, -0.2) is 8.42 Å². The highest BCUT2D eigenvalue weighted by Gasteiger charge is 2.15. The van der Waals surface area contributed by atoms with Crippen molar-refractivity contribution in [2.24, 2.45) is 0 Å². The number of hydrogen-bond acceptors (Lipinski definition) is 9. The van der Waals surface area contributed by atoms with Gasteiger partial charge in [-0.05, 0) is 78.0 Å². The minimum absolute atomic E-state index is 0.00552. The summed E-state index contributed by atoms with van der Waals surface area (Å²) in [6.45, 7) is 5.73. The van der Waals surface area contributed by atoms with Crippen LogP contribution in [0.5, 0.6) is 23.0 Å². The van der Waals surface area contributed by atoms with Crippen LogP contribution in [0, 0.1) is 0 Å². The van der Waals surface area contributed by atoms with Crippen LogP contribution in [-0.2, 0) is 24.0 Å². The van der Waals surface area contributed by atoms with Crippen LogP contribution in [0.25, 0.3) is 21.9 Å². The Bertz CT molecular complexity index is 1570. The van der Waals surface area contributed by atoms with Gasteiger partial charge in [0.05, 0.1) is 57.8 Å². The number of aliphatic hydroxyl groups excluding tert-OH is 1. The van der Waals surface area contributed by atoms with Crippen molar-refractivity contribution in [2.75, 3.05) is 65.7 Å². The Kier molecular flexibility index (Phi) is 13.5. The zero-order valence-corrected chi connectivity index (χ0v) is 26.7. The standard InChI is InChI=1S/C35H42O9S/c1-3-4-18-42-31-12-16-34-28(26-31)7-15-33(27-5-13-32(14-6-27)45(2,37)38)35(34)44-30-10-8-29(9-11-30)43-25-24-41-23-22-40-21-20-39-19-17-36/h5-16,26,36H,3-4,17-25H2,1-2H3. The third-order valence-corrected chi connectivity index (χ3v) is 7.95. The summed E-state index contributed by atoms with van der Waals surface area (Å²) in [7, 11) is -3.31. The predicted molar refractivity (Wildman–Crippen MR) is 174 cm³/mol. The molecule has 4 aromatic rings. The van der Waals surface area contributed by atoms with Gasteiger partial charge in [0.25, 0.3) is 0 Å². The summed E-state index contributed by atoms with van der Waals surface area (Å²) in [5.41, 5.74) is 1.67. The number of aliphatic hydroxyl groups is 1. The summed E-state index contributed by atoms with van der Waals surface area (Å²) < 4.78 is 58.4. The van der Waals surface area contributed by atoms with Gasteiger partial charge in [0.1, 0.15) is 29.6 Å². The normalized spacial score (nSPS) is 11.5. The molecule has 0 spiro atoms. The van der Waals surface area contributed by atoms with E-state index in [0.717, 1.165) is 40.5 Å². The minimum atomic E-state index is -3.31. The van der Waals surface area contributed by atoms with Crippen LogP contribution in [0.3, 0.4) is 0 Å². The molecule has 9 nitrogen and oxygen atoms in total. The molecular weight excluding hydrogens is 596 g/mol. The predicted octanol–water partition coefficient (Wildman–Crippen LogP) is 6.30. The Morgan fingerprint density at radius 3 is 1.89 bits per heavy atom. The molecule has 0 unspecified atom stereocenters. The quantitative estimate of drug-likeness (QED) is 0.112. The molecule has 0 heterocycles. The van der Waals surface area contributed by atoms with E-state index in [1.54, 1.807) is 24.3 Å². The van der Waals surface area contributed by atoms with Gasteiger partial charge in [-0.3, -0.25) is 0 Å². The molecule has 4 aromatic carbocycles. The first-order valence-corrected chi connectivity index (χ1v) is 17.0. The molecule has 0 amide bonds. The molecule has 0 radical (unpaired) electrons. The van der Waals surface area contributed by atoms with Crippen LogP contribution in [0.2, 0.25) is 0 Å². The Hall–Kier alpha value is -3.67. The molecule has 0 aliphatic carbocycles. The molecular formula is C35H42O9S. The van der Waals surface area contributed by atoms with Crippen LogP contribution >= 0.6 is 0 Å². The van der Waals surface area contributed by atoms with E-state index in [-0.39, 0.29) is 11.5 Å². The average Bonchev–Trinajstić information content (AvgIpc) is 3.04. The summed E-state index contributed by atoms with van der Waals surface area (Å²) in [5.74, 6) is 2.77. The first-order valence-electron chi connectivity index (χ1n) is 15.1. The van der Waals surface area contributed by atoms with Crippen molar-refractivity contribution in [2.45, 2.75) is 24.7 Å². The molecule has 4 rings (SSSR count). The van der Waals surface area contributed by atoms with E-state index in [0.29, 0.717) is 70.1 Å². The maximum atomic E-state index is 12.0. The molecule has 10 heteroatoms. The Labute approximate surface area is 265 Å². The smallest absolute Gasteiger partial charge is 0.175 e. The molecule has 0 aliphatic heterocycles. The number of sulfone groups is 1. The SMILES string of the molecule is CCCCOc1ccc2c(Oc3ccc(OCCOCCOCCOCCO)cc3)c(-c3ccc(S(C)(=O)=O)cc3)ccc2c1. The molecule has 0 fully saturated rings. The van der Waals surface area contributed by atoms with E-state index in [1.807, 2.05) is 54.6 Å². The van der Waals surface area contributed by atoms with Gasteiger partial charge in [0.2, 0.25) is 0 Å². The molecule has 0 saturated carbocycles. The third kappa shape index (κ3) is 10.7. The van der Waals surface area contributed by atoms with Gasteiger partial charge in [-0.15, -0.1) is 0 Å². The second kappa shape index (κ2) is 17.7. The van der Waals surface area contributed by atoms with E-state index in [9.17, 15) is 8.42 Å². The second-order valence-corrected chi connectivity index (χ2v) is 12.3. The van der Waals surface area contributed by atoms with E-state index in [4.69, 9.17) is 33.5 Å². The maximum Gasteiger partial charge on any atom is 0.175 e. The van der Waals surface area contributed by atoms with Crippen LogP contribution in [0.4, 0.5) is 0 Å². The van der Waals surface area contributed by atoms with Crippen LogP contribution < -0.4 is 14.2 Å². The minimum Gasteiger partial charge on any atom is -0.494 e. The van der Waals surface area contributed by atoms with Gasteiger partial charge < -0.3 is 33.5 Å². The fourth-order valence-electron chi connectivity index (χ4n) is 4.47. The monoisotopic (exact) mass is 638 g/mol. The van der Waals surface area contributed by atoms with Gasteiger partial charge in [0, 0.05) is 17.2 Å². The molecule has 0 atom stereocenters. The summed E-state index contributed by atoms with van der Waals surface area (Å²) in [5, 5.41) is 10.5. The Morgan fingerprint density at radius 1 is 0.644 bits per heavy atom. The van der Waals surface area contributed by atoms with Crippen LogP contribution in [0.15, 0.2) is 83.8 Å². The number of unbranched alkanes of at least 4 members (excludes halogenated alkanes) is 1. The zero-order chi connectivity index (χ0) is 31.9. The molecule has 0 bridgehead atoms. The van der Waals surface area contributed by atoms with Gasteiger partial charge >= 0.3 is 0 Å². The van der Waals surface area contributed by atoms with Crippen molar-refractivity contribution in [3.05, 3.63) is 78.9 Å². The molecule has 0 aromatic heterocycles. The highest BCUT2D eigenvalue weighted by atomic mass is 32.2. The lowest BCUT2D eigenvalue weighted by atomic mass is 9.99. The zero-order valence-electron chi connectivity index (χ0n) is 25.9. The van der Waals surface area contributed by atoms with Crippen molar-refractivity contribution in [3.8, 4) is 34.1 Å². The van der Waals surface area contributed by atoms with Crippen LogP contribution in [0.1, 0.15) is 19.8 Å². The number of benzene rings is 4. The van der Waals surface area contributed by atoms with E-state index >= 15 is 0 Å². The van der Waals surface area contributed by atoms with Crippen molar-refractivity contribution in [1.82, 2.24) is 0 Å². The first-order chi connectivity index (χ1) is 21.9. The summed E-state index contributed by atoms with van der Waals surface area (Å²) in [6, 6.07) is 24.2. The molecule has 0 saturated heterocycles. The van der Waals surface area contributed by atoms with Crippen molar-refractivity contribution >= 4 is 20.6 Å². The Balaban J connectivity index is 1.42. The molecule has 0 aliphatic rings. The van der Waals surface area contributed by atoms with Crippen molar-refractivity contribution < 1.29 is 41.9 Å². The van der Waals surface area contributed by atoms with Gasteiger partial charge in [-0.2, -0.15) is 0 Å². The van der Waals surface area contributed by atoms with E-state index in [2.05, 4.69) is 6.92 Å². The lowest BCUT2D eigenvalue weighted by Crippen LogP contribution is -2.13. The first kappa shape index (κ1) is 34.2. The maximum absolute atomic E-state index is 12.0. The fourth-order valence-corrected chi connectivity index (χ4v) is 5.10. The third-order valence-electron chi connectivity index (χ3n) is 6.82. The van der Waals surface area contributed by atoms with E-state index < -0.39 is 9.84 Å². The molecule has 1 N–H and O–H groups in total. The topological polar surface area (TPSA) is 110 Å². The Morgan fingerprint density at radius 2 is 1.24 bits per heavy atom. The lowest BCUT2D eigenvalue weighted by Gasteiger charge is -2.16. The number of ether oxygens (including phenoxy) is 6. The fraction of sp³-hybridized carbons (Fsp3) is 0.371. The highest BCUT2D eigenvalue weighted by Crippen LogP contribution is 2.41. The summed E-state index contributed by atoms with van der Waals surface area (Å²) in [4.78, 5) is 0.262. The van der Waals surface area contributed by atoms with Crippen molar-refractivity contribution in [3.63, 3.8) is 0 Å². The summed E-state index contributed by atoms with van der Waals surface area (Å²) >= 11 is 0. The van der Waals surface area contributed by atoms with Gasteiger partial charge in [-0.1, -0.05) is 31.5 Å². The summed E-state index contributed by atoms with van der Waals surface area (Å²) in [6.07, 6.45) is 3.24. The number of fused-ring (bicyclic) bond motifs is 1. The van der Waals surface area contributed by atoms with Crippen molar-refractivity contribution in [1.29, 1.82) is 0 Å². The second-order valence-electron chi connectivity index (χ2n) is 10.3. The largest absolute Gasteiger partial charge is 0.494 e. The number of rotatable bonds is 20. The van der Waals surface area contributed by atoms with Gasteiger partial charge in [0.15, 0.2) is 9.84 Å². The molecule has 45 heavy (non-hydrogen) atoms. The van der Waals surface area contributed by atoms with Crippen LogP contribution in [-0.4, -0.2) is 79.2 Å². The molecule has 242 valence electrons. The van der Waals surface area contributed by atoms with E-state index in [1.165, 1.54) is 6.26 Å². The highest BCUT2D eigenvalue weighted by molar-refractivity contribution is 7.90. The lowest BCUT2D eigenvalue weighted by molar-refractivity contribution is 0.00361. The average molecular weight is 639 g/mol.